The smallest absolute Gasteiger partial charge is 0.261 e. The highest BCUT2D eigenvalue weighted by molar-refractivity contribution is 6.26. The van der Waals surface area contributed by atoms with Crippen LogP contribution in [0.4, 0.5) is 5.69 Å². The van der Waals surface area contributed by atoms with E-state index < -0.39 is 0 Å². The molecule has 0 aromatic heterocycles. The van der Waals surface area contributed by atoms with E-state index in [1.54, 1.807) is 0 Å². The zero-order valence-electron chi connectivity index (χ0n) is 15.1. The fraction of sp³-hybridized carbons (Fsp3) is 0.429. The second-order valence-electron chi connectivity index (χ2n) is 7.19. The van der Waals surface area contributed by atoms with E-state index in [2.05, 4.69) is 11.8 Å². The van der Waals surface area contributed by atoms with Gasteiger partial charge in [-0.15, -0.1) is 0 Å². The summed E-state index contributed by atoms with van der Waals surface area (Å²) < 4.78 is 0. The molecule has 1 N–H and O–H groups in total. The number of carbonyl (C=O) groups excluding carboxylic acids is 2. The van der Waals surface area contributed by atoms with E-state index in [0.717, 1.165) is 55.2 Å². The third kappa shape index (κ3) is 2.67. The van der Waals surface area contributed by atoms with Crippen molar-refractivity contribution in [3.05, 3.63) is 41.5 Å². The molecule has 4 rings (SSSR count). The van der Waals surface area contributed by atoms with Crippen molar-refractivity contribution in [2.75, 3.05) is 24.5 Å². The zero-order valence-corrected chi connectivity index (χ0v) is 15.1. The standard InChI is InChI=1S/C21H24N2O3/c1-2-3-11-23-20(25)16-6-4-5-15-18(22-12-9-14(24)10-13-22)8-7-17(19(15)16)21(23)26/h4-8,14,24H,2-3,9-13H2,1H3. The molecule has 0 radical (unpaired) electrons. The minimum absolute atomic E-state index is 0.187. The summed E-state index contributed by atoms with van der Waals surface area (Å²) in [6, 6.07) is 9.56. The van der Waals surface area contributed by atoms with Gasteiger partial charge in [0, 0.05) is 47.2 Å². The molecule has 5 heteroatoms. The SMILES string of the molecule is CCCCN1C(=O)c2cccc3c(N4CCC(O)CC4)ccc(c23)C1=O. The molecule has 2 aliphatic rings. The molecule has 0 unspecified atom stereocenters. The Morgan fingerprint density at radius 1 is 1.04 bits per heavy atom. The van der Waals surface area contributed by atoms with E-state index >= 15 is 0 Å². The molecule has 5 nitrogen and oxygen atoms in total. The summed E-state index contributed by atoms with van der Waals surface area (Å²) in [5.41, 5.74) is 2.28. The van der Waals surface area contributed by atoms with Crippen LogP contribution in [0.5, 0.6) is 0 Å². The van der Waals surface area contributed by atoms with Crippen LogP contribution in [0.25, 0.3) is 10.8 Å². The van der Waals surface area contributed by atoms with Crippen LogP contribution >= 0.6 is 0 Å². The van der Waals surface area contributed by atoms with Crippen LogP contribution in [-0.2, 0) is 0 Å². The fourth-order valence-electron chi connectivity index (χ4n) is 4.03. The zero-order chi connectivity index (χ0) is 18.3. The lowest BCUT2D eigenvalue weighted by atomic mass is 9.92. The number of amides is 2. The Bertz CT molecular complexity index is 847. The Labute approximate surface area is 153 Å². The van der Waals surface area contributed by atoms with Crippen LogP contribution in [0.3, 0.4) is 0 Å². The van der Waals surface area contributed by atoms with E-state index in [1.807, 2.05) is 30.3 Å². The van der Waals surface area contributed by atoms with Crippen LogP contribution in [0, 0.1) is 0 Å². The maximum atomic E-state index is 12.9. The van der Waals surface area contributed by atoms with Crippen molar-refractivity contribution in [1.82, 2.24) is 4.90 Å². The molecule has 0 spiro atoms. The van der Waals surface area contributed by atoms with Crippen molar-refractivity contribution in [3.63, 3.8) is 0 Å². The first-order chi connectivity index (χ1) is 12.6. The molecule has 0 aliphatic carbocycles. The maximum Gasteiger partial charge on any atom is 0.261 e. The second-order valence-corrected chi connectivity index (χ2v) is 7.19. The molecule has 2 amide bonds. The largest absolute Gasteiger partial charge is 0.393 e. The first kappa shape index (κ1) is 17.0. The van der Waals surface area contributed by atoms with Crippen LogP contribution in [0.2, 0.25) is 0 Å². The molecule has 1 saturated heterocycles. The quantitative estimate of drug-likeness (QED) is 0.859. The molecular weight excluding hydrogens is 328 g/mol. The molecule has 1 fully saturated rings. The average molecular weight is 352 g/mol. The number of piperidine rings is 1. The van der Waals surface area contributed by atoms with E-state index in [4.69, 9.17) is 0 Å². The highest BCUT2D eigenvalue weighted by Gasteiger charge is 2.33. The number of hydrogen-bond donors (Lipinski definition) is 1. The number of hydrogen-bond acceptors (Lipinski definition) is 4. The average Bonchev–Trinajstić information content (AvgIpc) is 2.66. The van der Waals surface area contributed by atoms with Gasteiger partial charge in [-0.3, -0.25) is 14.5 Å². The number of benzene rings is 2. The Balaban J connectivity index is 1.81. The lowest BCUT2D eigenvalue weighted by molar-refractivity contribution is 0.0608. The maximum absolute atomic E-state index is 12.9. The lowest BCUT2D eigenvalue weighted by Crippen LogP contribution is -2.41. The number of rotatable bonds is 4. The van der Waals surface area contributed by atoms with Crippen molar-refractivity contribution < 1.29 is 14.7 Å². The number of anilines is 1. The number of imide groups is 1. The monoisotopic (exact) mass is 352 g/mol. The van der Waals surface area contributed by atoms with Gasteiger partial charge in [0.05, 0.1) is 6.10 Å². The first-order valence-electron chi connectivity index (χ1n) is 9.46. The number of aliphatic hydroxyl groups is 1. The highest BCUT2D eigenvalue weighted by Crippen LogP contribution is 2.36. The van der Waals surface area contributed by atoms with Gasteiger partial charge in [-0.05, 0) is 37.5 Å². The van der Waals surface area contributed by atoms with Gasteiger partial charge < -0.3 is 10.0 Å². The van der Waals surface area contributed by atoms with Crippen molar-refractivity contribution in [2.45, 2.75) is 38.7 Å². The summed E-state index contributed by atoms with van der Waals surface area (Å²) in [6.45, 7) is 4.08. The minimum atomic E-state index is -0.235. The first-order valence-corrected chi connectivity index (χ1v) is 9.46. The number of unbranched alkanes of at least 4 members (excludes halogenated alkanes) is 1. The predicted octanol–water partition coefficient (Wildman–Crippen LogP) is 3.20. The Kier molecular flexibility index (Phi) is 4.41. The molecule has 0 saturated carbocycles. The third-order valence-corrected chi connectivity index (χ3v) is 5.51. The van der Waals surface area contributed by atoms with Crippen molar-refractivity contribution in [3.8, 4) is 0 Å². The van der Waals surface area contributed by atoms with Gasteiger partial charge in [0.15, 0.2) is 0 Å². The van der Waals surface area contributed by atoms with Crippen LogP contribution in [-0.4, -0.2) is 47.6 Å². The lowest BCUT2D eigenvalue weighted by Gasteiger charge is -2.34. The van der Waals surface area contributed by atoms with Crippen LogP contribution in [0.1, 0.15) is 53.3 Å². The molecule has 0 atom stereocenters. The Hall–Kier alpha value is -2.40. The van der Waals surface area contributed by atoms with Crippen molar-refractivity contribution >= 4 is 28.3 Å². The van der Waals surface area contributed by atoms with E-state index in [1.165, 1.54) is 4.90 Å². The molecule has 2 heterocycles. The van der Waals surface area contributed by atoms with Gasteiger partial charge in [0.2, 0.25) is 0 Å². The number of aliphatic hydroxyl groups excluding tert-OH is 1. The van der Waals surface area contributed by atoms with Gasteiger partial charge in [-0.1, -0.05) is 25.5 Å². The number of carbonyl (C=O) groups is 2. The van der Waals surface area contributed by atoms with Crippen molar-refractivity contribution in [1.29, 1.82) is 0 Å². The molecular formula is C21H24N2O3. The molecule has 2 aromatic carbocycles. The molecule has 26 heavy (non-hydrogen) atoms. The topological polar surface area (TPSA) is 60.9 Å². The summed E-state index contributed by atoms with van der Waals surface area (Å²) in [5.74, 6) is -0.375. The van der Waals surface area contributed by atoms with E-state index in [0.29, 0.717) is 17.7 Å². The van der Waals surface area contributed by atoms with Gasteiger partial charge >= 0.3 is 0 Å². The summed E-state index contributed by atoms with van der Waals surface area (Å²) >= 11 is 0. The normalized spacial score (nSPS) is 18.1. The van der Waals surface area contributed by atoms with Gasteiger partial charge in [0.25, 0.3) is 11.8 Å². The summed E-state index contributed by atoms with van der Waals surface area (Å²) in [5, 5.41) is 11.5. The molecule has 136 valence electrons. The Morgan fingerprint density at radius 2 is 1.73 bits per heavy atom. The summed E-state index contributed by atoms with van der Waals surface area (Å²) in [6.07, 6.45) is 3.00. The fourth-order valence-corrected chi connectivity index (χ4v) is 4.03. The molecule has 2 aromatic rings. The minimum Gasteiger partial charge on any atom is -0.393 e. The van der Waals surface area contributed by atoms with Gasteiger partial charge in [0.1, 0.15) is 0 Å². The van der Waals surface area contributed by atoms with Crippen LogP contribution in [0.15, 0.2) is 30.3 Å². The van der Waals surface area contributed by atoms with Gasteiger partial charge in [-0.25, -0.2) is 0 Å². The Morgan fingerprint density at radius 3 is 2.42 bits per heavy atom. The van der Waals surface area contributed by atoms with Crippen molar-refractivity contribution in [2.24, 2.45) is 0 Å². The molecule has 2 aliphatic heterocycles. The van der Waals surface area contributed by atoms with E-state index in [-0.39, 0.29) is 17.9 Å². The molecule has 0 bridgehead atoms. The highest BCUT2D eigenvalue weighted by atomic mass is 16.3. The summed E-state index contributed by atoms with van der Waals surface area (Å²) in [4.78, 5) is 29.4. The number of nitrogens with zero attached hydrogens (tertiary/aromatic N) is 2. The third-order valence-electron chi connectivity index (χ3n) is 5.51. The predicted molar refractivity (Wildman–Crippen MR) is 102 cm³/mol. The summed E-state index contributed by atoms with van der Waals surface area (Å²) in [7, 11) is 0. The van der Waals surface area contributed by atoms with E-state index in [9.17, 15) is 14.7 Å². The second kappa shape index (κ2) is 6.72. The van der Waals surface area contributed by atoms with Crippen LogP contribution < -0.4 is 4.90 Å². The van der Waals surface area contributed by atoms with Gasteiger partial charge in [-0.2, -0.15) is 0 Å².